The first-order chi connectivity index (χ1) is 16.6. The number of aliphatic hydroxyl groups is 1. The summed E-state index contributed by atoms with van der Waals surface area (Å²) in [4.78, 5) is 29.7. The molecule has 0 spiro atoms. The molecule has 0 unspecified atom stereocenters. The lowest BCUT2D eigenvalue weighted by atomic mass is 9.84. The van der Waals surface area contributed by atoms with Crippen molar-refractivity contribution in [1.29, 1.82) is 0 Å². The van der Waals surface area contributed by atoms with Gasteiger partial charge >= 0.3 is 11.9 Å². The maximum atomic E-state index is 12.7. The molecule has 8 nitrogen and oxygen atoms in total. The van der Waals surface area contributed by atoms with Crippen molar-refractivity contribution < 1.29 is 34.0 Å². The van der Waals surface area contributed by atoms with Crippen LogP contribution in [0.2, 0.25) is 0 Å². The van der Waals surface area contributed by atoms with E-state index in [4.69, 9.17) is 19.3 Å². The third-order valence-corrected chi connectivity index (χ3v) is 6.05. The van der Waals surface area contributed by atoms with Gasteiger partial charge in [-0.1, -0.05) is 34.1 Å². The molecule has 1 heterocycles. The van der Waals surface area contributed by atoms with E-state index in [0.29, 0.717) is 34.4 Å². The molecule has 2 aromatic carbocycles. The molecule has 2 N–H and O–H groups in total. The van der Waals surface area contributed by atoms with E-state index in [1.165, 1.54) is 0 Å². The largest absolute Gasteiger partial charge is 0.494 e. The van der Waals surface area contributed by atoms with E-state index < -0.39 is 29.2 Å². The van der Waals surface area contributed by atoms with Crippen molar-refractivity contribution >= 4 is 33.8 Å². The van der Waals surface area contributed by atoms with Gasteiger partial charge in [-0.25, -0.2) is 9.79 Å². The Morgan fingerprint density at radius 3 is 2.43 bits per heavy atom. The third-order valence-electron chi connectivity index (χ3n) is 5.33. The van der Waals surface area contributed by atoms with Crippen LogP contribution in [0.5, 0.6) is 5.75 Å². The van der Waals surface area contributed by atoms with Gasteiger partial charge in [-0.15, -0.1) is 0 Å². The van der Waals surface area contributed by atoms with Gasteiger partial charge < -0.3 is 24.4 Å². The molecule has 2 atom stereocenters. The van der Waals surface area contributed by atoms with Crippen molar-refractivity contribution in [2.24, 2.45) is 4.99 Å². The second kappa shape index (κ2) is 11.2. The number of esters is 1. The number of rotatable bonds is 10. The molecular weight excluding hydrogens is 518 g/mol. The van der Waals surface area contributed by atoms with Crippen molar-refractivity contribution in [3.8, 4) is 5.75 Å². The van der Waals surface area contributed by atoms with Crippen LogP contribution in [0, 0.1) is 0 Å². The lowest BCUT2D eigenvalue weighted by Crippen LogP contribution is -2.41. The van der Waals surface area contributed by atoms with Crippen LogP contribution in [0.1, 0.15) is 57.3 Å². The lowest BCUT2D eigenvalue weighted by Gasteiger charge is -2.28. The number of carboxylic acid groups (broad SMARTS) is 1. The Balaban J connectivity index is 1.95. The second-order valence-electron chi connectivity index (χ2n) is 9.20. The van der Waals surface area contributed by atoms with Crippen LogP contribution in [0.15, 0.2) is 58.0 Å². The summed E-state index contributed by atoms with van der Waals surface area (Å²) in [6.45, 7) is 5.69. The first-order valence-electron chi connectivity index (χ1n) is 11.4. The first kappa shape index (κ1) is 26.7. The molecule has 0 fully saturated rings. The molecule has 0 aliphatic carbocycles. The number of nitrogens with zero attached hydrogens (tertiary/aromatic N) is 1. The van der Waals surface area contributed by atoms with E-state index in [2.05, 4.69) is 20.9 Å². The molecule has 1 aliphatic rings. The van der Waals surface area contributed by atoms with Crippen LogP contribution in [-0.2, 0) is 19.1 Å². The number of carbonyl (C=O) groups is 2. The molecule has 9 heteroatoms. The van der Waals surface area contributed by atoms with Crippen molar-refractivity contribution in [3.63, 3.8) is 0 Å². The number of hydrogen-bond donors (Lipinski definition) is 2. The zero-order valence-electron chi connectivity index (χ0n) is 20.0. The number of benzene rings is 2. The molecule has 188 valence electrons. The molecular formula is C26H30BrNO7. The zero-order chi connectivity index (χ0) is 25.6. The van der Waals surface area contributed by atoms with Gasteiger partial charge in [-0.2, -0.15) is 0 Å². The summed E-state index contributed by atoms with van der Waals surface area (Å²) in [5, 5.41) is 19.3. The van der Waals surface area contributed by atoms with Gasteiger partial charge in [0.2, 0.25) is 11.4 Å². The van der Waals surface area contributed by atoms with Crippen molar-refractivity contribution in [1.82, 2.24) is 0 Å². The minimum absolute atomic E-state index is 0.0414. The van der Waals surface area contributed by atoms with Gasteiger partial charge in [0, 0.05) is 35.0 Å². The van der Waals surface area contributed by atoms with Crippen LogP contribution < -0.4 is 4.74 Å². The Bertz CT molecular complexity index is 1080. The average Bonchev–Trinajstić information content (AvgIpc) is 3.18. The van der Waals surface area contributed by atoms with Gasteiger partial charge in [0.15, 0.2) is 6.10 Å². The monoisotopic (exact) mass is 547 g/mol. The maximum absolute atomic E-state index is 12.7. The van der Waals surface area contributed by atoms with Crippen LogP contribution >= 0.6 is 15.9 Å². The van der Waals surface area contributed by atoms with E-state index in [1.54, 1.807) is 63.2 Å². The minimum Gasteiger partial charge on any atom is -0.494 e. The Hall–Kier alpha value is -2.91. The van der Waals surface area contributed by atoms with Crippen molar-refractivity contribution in [3.05, 3.63) is 64.1 Å². The molecule has 0 bridgehead atoms. The predicted octanol–water partition coefficient (Wildman–Crippen LogP) is 4.67. The molecule has 1 aliphatic heterocycles. The molecule has 2 aromatic rings. The highest BCUT2D eigenvalue weighted by molar-refractivity contribution is 9.10. The number of hydrogen-bond acceptors (Lipinski definition) is 7. The molecule has 0 saturated heterocycles. The van der Waals surface area contributed by atoms with Crippen molar-refractivity contribution in [2.75, 3.05) is 13.2 Å². The number of aliphatic imine (C=N–C) groups is 1. The highest BCUT2D eigenvalue weighted by atomic mass is 79.9. The van der Waals surface area contributed by atoms with E-state index in [0.717, 1.165) is 0 Å². The number of ether oxygens (including phenoxy) is 3. The Kier molecular flexibility index (Phi) is 8.56. The lowest BCUT2D eigenvalue weighted by molar-refractivity contribution is -0.156. The first-order valence-corrected chi connectivity index (χ1v) is 12.2. The van der Waals surface area contributed by atoms with E-state index >= 15 is 0 Å². The molecule has 0 amide bonds. The second-order valence-corrected chi connectivity index (χ2v) is 10.1. The van der Waals surface area contributed by atoms with Gasteiger partial charge in [0.05, 0.1) is 6.61 Å². The van der Waals surface area contributed by atoms with E-state index in [-0.39, 0.29) is 25.3 Å². The SMILES string of the molecule is CC(C)(C)OC(=O)CC[C@@]1(C(=O)O)N=C(c2ccc(OCCCO)cc2)O[C@@H]1c1ccccc1Br. The van der Waals surface area contributed by atoms with Crippen LogP contribution in [0.3, 0.4) is 0 Å². The Labute approximate surface area is 213 Å². The number of aliphatic hydroxyl groups excluding tert-OH is 1. The van der Waals surface area contributed by atoms with Gasteiger partial charge in [0.1, 0.15) is 11.4 Å². The number of carboxylic acids is 1. The fourth-order valence-electron chi connectivity index (χ4n) is 3.70. The maximum Gasteiger partial charge on any atom is 0.336 e. The smallest absolute Gasteiger partial charge is 0.336 e. The minimum atomic E-state index is -1.73. The van der Waals surface area contributed by atoms with Gasteiger partial charge in [-0.3, -0.25) is 4.79 Å². The summed E-state index contributed by atoms with van der Waals surface area (Å²) in [6.07, 6.45) is -0.685. The van der Waals surface area contributed by atoms with Crippen LogP contribution in [0.25, 0.3) is 0 Å². The normalized spacial score (nSPS) is 19.6. The van der Waals surface area contributed by atoms with E-state index in [9.17, 15) is 14.7 Å². The molecule has 0 radical (unpaired) electrons. The predicted molar refractivity (Wildman–Crippen MR) is 134 cm³/mol. The zero-order valence-corrected chi connectivity index (χ0v) is 21.6. The third kappa shape index (κ3) is 6.61. The summed E-state index contributed by atoms with van der Waals surface area (Å²) >= 11 is 3.49. The molecule has 0 saturated carbocycles. The summed E-state index contributed by atoms with van der Waals surface area (Å²) in [5.74, 6) is -0.922. The van der Waals surface area contributed by atoms with Gasteiger partial charge in [-0.05, 0) is 57.5 Å². The molecule has 35 heavy (non-hydrogen) atoms. The fraction of sp³-hybridized carbons (Fsp3) is 0.423. The van der Waals surface area contributed by atoms with Crippen LogP contribution in [-0.4, -0.2) is 52.4 Å². The highest BCUT2D eigenvalue weighted by Gasteiger charge is 2.54. The summed E-state index contributed by atoms with van der Waals surface area (Å²) < 4.78 is 17.8. The topological polar surface area (TPSA) is 115 Å². The Morgan fingerprint density at radius 2 is 1.83 bits per heavy atom. The quantitative estimate of drug-likeness (QED) is 0.328. The highest BCUT2D eigenvalue weighted by Crippen LogP contribution is 2.45. The molecule has 3 rings (SSSR count). The number of carbonyl (C=O) groups excluding carboxylic acids is 1. The average molecular weight is 548 g/mol. The van der Waals surface area contributed by atoms with Crippen LogP contribution in [0.4, 0.5) is 0 Å². The summed E-state index contributed by atoms with van der Waals surface area (Å²) in [6, 6.07) is 14.1. The van der Waals surface area contributed by atoms with Gasteiger partial charge in [0.25, 0.3) is 0 Å². The fourth-order valence-corrected chi connectivity index (χ4v) is 4.20. The summed E-state index contributed by atoms with van der Waals surface area (Å²) in [7, 11) is 0. The van der Waals surface area contributed by atoms with Crippen molar-refractivity contribution in [2.45, 2.75) is 57.3 Å². The summed E-state index contributed by atoms with van der Waals surface area (Å²) in [5.41, 5.74) is -1.22. The Morgan fingerprint density at radius 1 is 1.14 bits per heavy atom. The molecule has 0 aromatic heterocycles. The number of halogens is 1. The number of aliphatic carboxylic acids is 1. The standard InChI is InChI=1S/C26H30BrNO7/c1-25(2,3)35-21(30)13-14-26(24(31)32)22(19-7-4-5-8-20(19)27)34-23(28-26)17-9-11-18(12-10-17)33-16-6-15-29/h4-5,7-12,22,29H,6,13-16H2,1-3H3,(H,31,32)/t22-,26-/m1/s1. The van der Waals surface area contributed by atoms with E-state index in [1.807, 2.05) is 6.07 Å².